The average molecular weight is 463 g/mol. The van der Waals surface area contributed by atoms with Gasteiger partial charge in [-0.15, -0.1) is 0 Å². The van der Waals surface area contributed by atoms with Crippen molar-refractivity contribution in [1.29, 1.82) is 0 Å². The third-order valence-corrected chi connectivity index (χ3v) is 7.72. The van der Waals surface area contributed by atoms with Gasteiger partial charge in [0.15, 0.2) is 0 Å². The van der Waals surface area contributed by atoms with Gasteiger partial charge in [-0.05, 0) is 73.4 Å². The molecule has 34 heavy (non-hydrogen) atoms. The van der Waals surface area contributed by atoms with Crippen LogP contribution in [0.3, 0.4) is 0 Å². The van der Waals surface area contributed by atoms with Gasteiger partial charge in [-0.25, -0.2) is 4.79 Å². The first-order chi connectivity index (χ1) is 16.4. The summed E-state index contributed by atoms with van der Waals surface area (Å²) in [6.07, 6.45) is 5.38. The van der Waals surface area contributed by atoms with Gasteiger partial charge in [0.2, 0.25) is 0 Å². The Bertz CT molecular complexity index is 1170. The maximum absolute atomic E-state index is 11.4. The van der Waals surface area contributed by atoms with Crippen molar-refractivity contribution in [1.82, 2.24) is 9.88 Å². The number of aryl methyl sites for hydroxylation is 1. The van der Waals surface area contributed by atoms with Gasteiger partial charge in [0, 0.05) is 41.8 Å². The fourth-order valence-electron chi connectivity index (χ4n) is 5.39. The third kappa shape index (κ3) is 4.57. The van der Waals surface area contributed by atoms with Crippen molar-refractivity contribution in [2.75, 3.05) is 20.3 Å². The van der Waals surface area contributed by atoms with E-state index in [2.05, 4.69) is 35.9 Å². The van der Waals surface area contributed by atoms with Crippen molar-refractivity contribution >= 4 is 16.9 Å². The van der Waals surface area contributed by atoms with Crippen LogP contribution in [-0.2, 0) is 11.3 Å². The monoisotopic (exact) mass is 462 g/mol. The highest BCUT2D eigenvalue weighted by atomic mass is 16.5. The molecule has 180 valence electrons. The molecule has 0 radical (unpaired) electrons. The smallest absolute Gasteiger partial charge is 0.335 e. The van der Waals surface area contributed by atoms with E-state index in [1.165, 1.54) is 22.9 Å². The van der Waals surface area contributed by atoms with Gasteiger partial charge >= 0.3 is 5.97 Å². The lowest BCUT2D eigenvalue weighted by Gasteiger charge is -2.40. The number of fused-ring (bicyclic) bond motifs is 1. The molecule has 6 nitrogen and oxygen atoms in total. The fraction of sp³-hybridized carbons (Fsp3) is 0.464. The number of aromatic carboxylic acids is 1. The Balaban J connectivity index is 1.43. The Morgan fingerprint density at radius 1 is 1.21 bits per heavy atom. The molecule has 5 rings (SSSR count). The molecule has 2 aliphatic rings. The molecular formula is C28H34N2O4. The van der Waals surface area contributed by atoms with Crippen LogP contribution in [0, 0.1) is 18.8 Å². The van der Waals surface area contributed by atoms with Crippen molar-refractivity contribution in [3.63, 3.8) is 0 Å². The SMILES string of the molecule is COc1cc(C)c2[nH]ccc2c1CN1CC[C@@H](OCC2CC2C)C[C@@H]1c1ccc(C(=O)O)cc1. The van der Waals surface area contributed by atoms with Crippen molar-refractivity contribution in [3.05, 3.63) is 64.8 Å². The number of hydrogen-bond donors (Lipinski definition) is 2. The predicted octanol–water partition coefficient (Wildman–Crippen LogP) is 5.56. The number of aromatic nitrogens is 1. The van der Waals surface area contributed by atoms with Crippen molar-refractivity contribution in [3.8, 4) is 5.75 Å². The Morgan fingerprint density at radius 2 is 1.97 bits per heavy atom. The van der Waals surface area contributed by atoms with Crippen LogP contribution in [0.2, 0.25) is 0 Å². The molecule has 2 unspecified atom stereocenters. The Kier molecular flexibility index (Phi) is 6.36. The lowest BCUT2D eigenvalue weighted by Crippen LogP contribution is -2.39. The molecule has 1 aliphatic carbocycles. The van der Waals surface area contributed by atoms with E-state index in [0.717, 1.165) is 55.3 Å². The number of carboxylic acid groups (broad SMARTS) is 1. The average Bonchev–Trinajstić information content (AvgIpc) is 3.32. The van der Waals surface area contributed by atoms with Gasteiger partial charge in [0.05, 0.1) is 25.4 Å². The molecule has 4 atom stereocenters. The van der Waals surface area contributed by atoms with Gasteiger partial charge in [0.25, 0.3) is 0 Å². The number of ether oxygens (including phenoxy) is 2. The number of benzene rings is 2. The number of piperidine rings is 1. The number of likely N-dealkylation sites (tertiary alicyclic amines) is 1. The Morgan fingerprint density at radius 3 is 2.65 bits per heavy atom. The second kappa shape index (κ2) is 9.43. The van der Waals surface area contributed by atoms with Crippen LogP contribution in [0.1, 0.15) is 59.3 Å². The van der Waals surface area contributed by atoms with Crippen molar-refractivity contribution in [2.45, 2.75) is 51.8 Å². The van der Waals surface area contributed by atoms with Gasteiger partial charge in [-0.2, -0.15) is 0 Å². The van der Waals surface area contributed by atoms with Crippen LogP contribution in [0.4, 0.5) is 0 Å². The summed E-state index contributed by atoms with van der Waals surface area (Å²) in [4.78, 5) is 17.2. The van der Waals surface area contributed by atoms with Gasteiger partial charge in [-0.1, -0.05) is 19.1 Å². The summed E-state index contributed by atoms with van der Waals surface area (Å²) < 4.78 is 12.2. The lowest BCUT2D eigenvalue weighted by molar-refractivity contribution is -0.0239. The number of carboxylic acids is 1. The van der Waals surface area contributed by atoms with Crippen LogP contribution < -0.4 is 4.74 Å². The van der Waals surface area contributed by atoms with E-state index in [0.29, 0.717) is 11.5 Å². The molecular weight excluding hydrogens is 428 g/mol. The molecule has 3 aromatic rings. The van der Waals surface area contributed by atoms with Crippen molar-refractivity contribution < 1.29 is 19.4 Å². The Labute approximate surface area is 200 Å². The van der Waals surface area contributed by atoms with E-state index in [-0.39, 0.29) is 12.1 Å². The zero-order valence-electron chi connectivity index (χ0n) is 20.2. The minimum atomic E-state index is -0.897. The van der Waals surface area contributed by atoms with Crippen LogP contribution in [0.25, 0.3) is 10.9 Å². The van der Waals surface area contributed by atoms with E-state index in [9.17, 15) is 9.90 Å². The largest absolute Gasteiger partial charge is 0.496 e. The van der Waals surface area contributed by atoms with Crippen LogP contribution in [0.15, 0.2) is 42.6 Å². The number of aromatic amines is 1. The summed E-state index contributed by atoms with van der Waals surface area (Å²) in [5.41, 5.74) is 4.95. The minimum Gasteiger partial charge on any atom is -0.496 e. The van der Waals surface area contributed by atoms with Crippen LogP contribution >= 0.6 is 0 Å². The minimum absolute atomic E-state index is 0.151. The van der Waals surface area contributed by atoms with Crippen LogP contribution in [-0.4, -0.2) is 47.3 Å². The quantitative estimate of drug-likeness (QED) is 0.458. The summed E-state index contributed by atoms with van der Waals surface area (Å²) in [5, 5.41) is 10.5. The maximum atomic E-state index is 11.4. The zero-order chi connectivity index (χ0) is 23.8. The molecule has 0 bridgehead atoms. The van der Waals surface area contributed by atoms with E-state index < -0.39 is 5.97 Å². The first kappa shape index (κ1) is 22.9. The predicted molar refractivity (Wildman–Crippen MR) is 132 cm³/mol. The van der Waals surface area contributed by atoms with Gasteiger partial charge < -0.3 is 19.6 Å². The number of methoxy groups -OCH3 is 1. The molecule has 0 amide bonds. The summed E-state index contributed by atoms with van der Waals surface area (Å²) >= 11 is 0. The first-order valence-corrected chi connectivity index (χ1v) is 12.3. The molecule has 1 aromatic heterocycles. The topological polar surface area (TPSA) is 74.8 Å². The molecule has 1 saturated carbocycles. The second-order valence-electron chi connectivity index (χ2n) is 10.0. The number of nitrogens with zero attached hydrogens (tertiary/aromatic N) is 1. The van der Waals surface area contributed by atoms with E-state index >= 15 is 0 Å². The normalized spacial score (nSPS) is 24.9. The molecule has 6 heteroatoms. The Hall–Kier alpha value is -2.83. The highest BCUT2D eigenvalue weighted by molar-refractivity contribution is 5.88. The molecule has 0 spiro atoms. The number of nitrogens with one attached hydrogen (secondary N) is 1. The number of rotatable bonds is 8. The van der Waals surface area contributed by atoms with E-state index in [4.69, 9.17) is 9.47 Å². The standard InChI is InChI=1S/C28H34N2O4/c1-17-12-21(17)16-34-22-9-11-30(25(14-22)19-4-6-20(7-5-19)28(31)32)15-24-23-8-10-29-27(23)18(2)13-26(24)33-3/h4-8,10,13,17,21-22,25,29H,9,11-12,14-16H2,1-3H3,(H,31,32)/t17?,21?,22-,25-/m1/s1. The highest BCUT2D eigenvalue weighted by Crippen LogP contribution is 2.40. The fourth-order valence-corrected chi connectivity index (χ4v) is 5.39. The first-order valence-electron chi connectivity index (χ1n) is 12.3. The maximum Gasteiger partial charge on any atom is 0.335 e. The summed E-state index contributed by atoms with van der Waals surface area (Å²) in [5.74, 6) is 1.51. The molecule has 2 heterocycles. The summed E-state index contributed by atoms with van der Waals surface area (Å²) in [6.45, 7) is 6.92. The van der Waals surface area contributed by atoms with E-state index in [1.54, 1.807) is 19.2 Å². The third-order valence-electron chi connectivity index (χ3n) is 7.72. The van der Waals surface area contributed by atoms with Crippen LogP contribution in [0.5, 0.6) is 5.75 Å². The summed E-state index contributed by atoms with van der Waals surface area (Å²) in [7, 11) is 1.73. The number of H-pyrrole nitrogens is 1. The van der Waals surface area contributed by atoms with Gasteiger partial charge in [0.1, 0.15) is 5.75 Å². The number of hydrogen-bond acceptors (Lipinski definition) is 4. The molecule has 1 aliphatic heterocycles. The number of carbonyl (C=O) groups is 1. The zero-order valence-corrected chi connectivity index (χ0v) is 20.2. The lowest BCUT2D eigenvalue weighted by atomic mass is 9.91. The molecule has 2 N–H and O–H groups in total. The van der Waals surface area contributed by atoms with Crippen molar-refractivity contribution in [2.24, 2.45) is 11.8 Å². The summed E-state index contributed by atoms with van der Waals surface area (Å²) in [6, 6.07) is 11.7. The second-order valence-corrected chi connectivity index (χ2v) is 10.0. The molecule has 2 fully saturated rings. The van der Waals surface area contributed by atoms with E-state index in [1.807, 2.05) is 18.3 Å². The molecule has 2 aromatic carbocycles. The molecule has 1 saturated heterocycles. The van der Waals surface area contributed by atoms with Gasteiger partial charge in [-0.3, -0.25) is 4.90 Å². The highest BCUT2D eigenvalue weighted by Gasteiger charge is 2.36.